The van der Waals surface area contributed by atoms with Gasteiger partial charge >= 0.3 is 0 Å². The molecule has 3 amide bonds. The highest BCUT2D eigenvalue weighted by Gasteiger charge is 2.54. The topological polar surface area (TPSA) is 133 Å². The minimum Gasteiger partial charge on any atom is -0.345 e. The van der Waals surface area contributed by atoms with Crippen molar-refractivity contribution in [3.05, 3.63) is 99.9 Å². The van der Waals surface area contributed by atoms with Gasteiger partial charge in [-0.1, -0.05) is 12.1 Å². The Bertz CT molecular complexity index is 1810. The molecule has 0 spiro atoms. The molecule has 3 aliphatic rings. The van der Waals surface area contributed by atoms with E-state index in [1.54, 1.807) is 57.4 Å². The minimum absolute atomic E-state index is 0.0453. The van der Waals surface area contributed by atoms with E-state index < -0.39 is 17.3 Å². The molecule has 2 fully saturated rings. The van der Waals surface area contributed by atoms with Crippen LogP contribution in [0, 0.1) is 28.5 Å². The molecular weight excluding hydrogens is 633 g/mol. The highest BCUT2D eigenvalue weighted by atomic mass is 19.1. The molecule has 0 radical (unpaired) electrons. The van der Waals surface area contributed by atoms with E-state index in [1.165, 1.54) is 21.9 Å². The van der Waals surface area contributed by atoms with Gasteiger partial charge in [0.1, 0.15) is 17.7 Å². The number of benzene rings is 3. The van der Waals surface area contributed by atoms with Crippen molar-refractivity contribution < 1.29 is 18.8 Å². The fourth-order valence-corrected chi connectivity index (χ4v) is 7.82. The molecule has 0 unspecified atom stereocenters. The second kappa shape index (κ2) is 13.7. The highest BCUT2D eigenvalue weighted by Crippen LogP contribution is 2.48. The zero-order valence-electron chi connectivity index (χ0n) is 29.2. The number of halogens is 1. The van der Waals surface area contributed by atoms with Gasteiger partial charge in [-0.15, -0.1) is 0 Å². The van der Waals surface area contributed by atoms with Crippen molar-refractivity contribution in [1.29, 1.82) is 10.7 Å². The third-order valence-corrected chi connectivity index (χ3v) is 10.4. The van der Waals surface area contributed by atoms with Crippen molar-refractivity contribution >= 4 is 29.2 Å². The van der Waals surface area contributed by atoms with Crippen LogP contribution in [0.1, 0.15) is 69.2 Å². The van der Waals surface area contributed by atoms with Gasteiger partial charge in [0, 0.05) is 57.1 Å². The molecule has 1 saturated carbocycles. The summed E-state index contributed by atoms with van der Waals surface area (Å²) in [5, 5.41) is 26.2. The van der Waals surface area contributed by atoms with Crippen LogP contribution in [0.4, 0.5) is 10.1 Å². The van der Waals surface area contributed by atoms with E-state index in [0.717, 1.165) is 35.1 Å². The van der Waals surface area contributed by atoms with Crippen LogP contribution in [0.25, 0.3) is 0 Å². The Morgan fingerprint density at radius 2 is 1.50 bits per heavy atom. The number of carbonyl (C=O) groups excluding carboxylic acids is 3. The predicted octanol–water partition coefficient (Wildman–Crippen LogP) is 4.58. The molecule has 260 valence electrons. The van der Waals surface area contributed by atoms with Gasteiger partial charge in [-0.3, -0.25) is 19.8 Å². The lowest BCUT2D eigenvalue weighted by molar-refractivity contribution is -0.131. The van der Waals surface area contributed by atoms with Gasteiger partial charge in [0.2, 0.25) is 5.91 Å². The number of likely N-dealkylation sites (tertiary alicyclic amines) is 1. The first-order valence-corrected chi connectivity index (χ1v) is 17.1. The summed E-state index contributed by atoms with van der Waals surface area (Å²) in [5.41, 5.74) is 3.94. The summed E-state index contributed by atoms with van der Waals surface area (Å²) in [6.07, 6.45) is 3.13. The SMILES string of the molecule is C[C@@H](CC1(C(=N)Nc2ccc(F)cc2)c2ccc(C(=O)N(C)C)cc2CCc2cc(C(=O)N(C)C)ccc21)NCC(=O)N1[C@H](C#N)C[C@@H]2C[C@@H]21. The van der Waals surface area contributed by atoms with Crippen LogP contribution >= 0.6 is 0 Å². The summed E-state index contributed by atoms with van der Waals surface area (Å²) in [5.74, 6) is -0.228. The van der Waals surface area contributed by atoms with E-state index in [9.17, 15) is 29.4 Å². The van der Waals surface area contributed by atoms with Gasteiger partial charge in [-0.25, -0.2) is 4.39 Å². The maximum atomic E-state index is 13.9. The number of carbonyl (C=O) groups is 3. The van der Waals surface area contributed by atoms with Crippen LogP contribution in [-0.2, 0) is 23.1 Å². The molecule has 3 aromatic carbocycles. The van der Waals surface area contributed by atoms with Crippen LogP contribution in [0.15, 0.2) is 60.7 Å². The Morgan fingerprint density at radius 1 is 0.940 bits per heavy atom. The second-order valence-corrected chi connectivity index (χ2v) is 14.3. The number of nitrogens with zero attached hydrogens (tertiary/aromatic N) is 4. The number of fused-ring (bicyclic) bond motifs is 3. The number of aryl methyl sites for hydroxylation is 2. The van der Waals surface area contributed by atoms with Gasteiger partial charge in [0.15, 0.2) is 0 Å². The van der Waals surface area contributed by atoms with E-state index in [2.05, 4.69) is 16.7 Å². The maximum absolute atomic E-state index is 13.9. The molecular formula is C39H44FN7O3. The summed E-state index contributed by atoms with van der Waals surface area (Å²) < 4.78 is 13.9. The first-order valence-electron chi connectivity index (χ1n) is 17.1. The largest absolute Gasteiger partial charge is 0.345 e. The lowest BCUT2D eigenvalue weighted by Crippen LogP contribution is -2.49. The number of amides is 3. The van der Waals surface area contributed by atoms with Gasteiger partial charge in [0.05, 0.1) is 18.0 Å². The van der Waals surface area contributed by atoms with E-state index in [-0.39, 0.29) is 42.2 Å². The number of anilines is 1. The van der Waals surface area contributed by atoms with Crippen LogP contribution in [0.3, 0.4) is 0 Å². The molecule has 3 N–H and O–H groups in total. The van der Waals surface area contributed by atoms with Crippen LogP contribution < -0.4 is 10.6 Å². The Balaban J connectivity index is 1.45. The first-order chi connectivity index (χ1) is 23.8. The van der Waals surface area contributed by atoms with Crippen LogP contribution in [-0.4, -0.2) is 91.1 Å². The van der Waals surface area contributed by atoms with Gasteiger partial charge in [0.25, 0.3) is 11.8 Å². The van der Waals surface area contributed by atoms with Gasteiger partial charge in [-0.05, 0) is 116 Å². The van der Waals surface area contributed by atoms with Crippen molar-refractivity contribution in [3.63, 3.8) is 0 Å². The number of piperidine rings is 1. The highest BCUT2D eigenvalue weighted by molar-refractivity contribution is 6.05. The van der Waals surface area contributed by atoms with Gasteiger partial charge in [-0.2, -0.15) is 5.26 Å². The molecule has 4 atom stereocenters. The van der Waals surface area contributed by atoms with Crippen molar-refractivity contribution in [2.45, 2.75) is 62.6 Å². The smallest absolute Gasteiger partial charge is 0.253 e. The molecule has 1 aliphatic heterocycles. The third kappa shape index (κ3) is 6.48. The Morgan fingerprint density at radius 3 is 2.02 bits per heavy atom. The molecule has 1 saturated heterocycles. The average Bonchev–Trinajstić information content (AvgIpc) is 3.79. The monoisotopic (exact) mass is 677 g/mol. The summed E-state index contributed by atoms with van der Waals surface area (Å²) in [7, 11) is 6.83. The summed E-state index contributed by atoms with van der Waals surface area (Å²) in [6.45, 7) is 2.02. The third-order valence-electron chi connectivity index (χ3n) is 10.4. The molecule has 0 bridgehead atoms. The molecule has 11 heteroatoms. The number of nitrogens with one attached hydrogen (secondary N) is 3. The number of rotatable bonds is 9. The Labute approximate surface area is 292 Å². The first kappa shape index (κ1) is 34.8. The zero-order chi connectivity index (χ0) is 35.9. The average molecular weight is 678 g/mol. The van der Waals surface area contributed by atoms with Crippen molar-refractivity contribution in [1.82, 2.24) is 20.0 Å². The lowest BCUT2D eigenvalue weighted by Gasteiger charge is -2.40. The lowest BCUT2D eigenvalue weighted by atomic mass is 9.67. The number of hydrogen-bond donors (Lipinski definition) is 3. The fourth-order valence-electron chi connectivity index (χ4n) is 7.82. The second-order valence-electron chi connectivity index (χ2n) is 14.3. The summed E-state index contributed by atoms with van der Waals surface area (Å²) >= 11 is 0. The molecule has 10 nitrogen and oxygen atoms in total. The minimum atomic E-state index is -1.13. The van der Waals surface area contributed by atoms with E-state index in [0.29, 0.717) is 42.0 Å². The van der Waals surface area contributed by atoms with E-state index in [4.69, 9.17) is 0 Å². The van der Waals surface area contributed by atoms with Crippen LogP contribution in [0.5, 0.6) is 0 Å². The molecule has 6 rings (SSSR count). The summed E-state index contributed by atoms with van der Waals surface area (Å²) in [6, 6.07) is 18.8. The quantitative estimate of drug-likeness (QED) is 0.224. The molecule has 2 aliphatic carbocycles. The van der Waals surface area contributed by atoms with E-state index >= 15 is 0 Å². The molecule has 1 heterocycles. The number of amidine groups is 1. The van der Waals surface area contributed by atoms with E-state index in [1.807, 2.05) is 31.2 Å². The fraction of sp³-hybridized carbons (Fsp3) is 0.410. The zero-order valence-corrected chi connectivity index (χ0v) is 29.2. The number of nitriles is 1. The standard InChI is InChI=1S/C39H44FN7O3/c1-23(43-22-35(48)47-31(21-41)18-28-19-34(28)47)20-39(38(42)44-30-12-10-29(40)11-13-30)32-14-8-26(36(49)45(2)3)16-24(32)6-7-25-17-27(9-15-33(25)39)37(50)46(4)5/h8-17,23,28,31,34,43H,6-7,18-20,22H2,1-5H3,(H2,42,44)/t23-,28+,31-,34-/m0/s1. The van der Waals surface area contributed by atoms with Crippen molar-refractivity contribution in [2.24, 2.45) is 5.92 Å². The van der Waals surface area contributed by atoms with Gasteiger partial charge < -0.3 is 25.3 Å². The van der Waals surface area contributed by atoms with Crippen LogP contribution in [0.2, 0.25) is 0 Å². The maximum Gasteiger partial charge on any atom is 0.253 e. The Kier molecular flexibility index (Phi) is 9.51. The molecule has 50 heavy (non-hydrogen) atoms. The normalized spacial score (nSPS) is 20.3. The molecule has 3 aromatic rings. The molecule has 0 aromatic heterocycles. The Hall–Kier alpha value is -5.08. The number of hydrogen-bond acceptors (Lipinski definition) is 6. The van der Waals surface area contributed by atoms with Crippen molar-refractivity contribution in [3.8, 4) is 6.07 Å². The summed E-state index contributed by atoms with van der Waals surface area (Å²) in [4.78, 5) is 44.5. The van der Waals surface area contributed by atoms with Crippen molar-refractivity contribution in [2.75, 3.05) is 40.1 Å². The predicted molar refractivity (Wildman–Crippen MR) is 190 cm³/mol.